The summed E-state index contributed by atoms with van der Waals surface area (Å²) in [6, 6.07) is 15.1. The van der Waals surface area contributed by atoms with Gasteiger partial charge < -0.3 is 24.6 Å². The van der Waals surface area contributed by atoms with Gasteiger partial charge in [0, 0.05) is 51.6 Å². The lowest BCUT2D eigenvalue weighted by atomic mass is 10.1. The SMILES string of the molecule is COC[C@@H]1CN(c2ccc3ncnc(Nc4ccc(Oc5ccc6c(c5)nnn6C)c(C)c4)c3n2)CCN1C(=O)/C=C/CF. The van der Waals surface area contributed by atoms with E-state index in [9.17, 15) is 9.18 Å². The third-order valence-corrected chi connectivity index (χ3v) is 7.51. The highest BCUT2D eigenvalue weighted by atomic mass is 19.1. The van der Waals surface area contributed by atoms with Crippen molar-refractivity contribution in [1.29, 1.82) is 0 Å². The number of hydrogen-bond donors (Lipinski definition) is 1. The Morgan fingerprint density at radius 1 is 1.11 bits per heavy atom. The summed E-state index contributed by atoms with van der Waals surface area (Å²) in [5.74, 6) is 2.47. The minimum absolute atomic E-state index is 0.209. The molecule has 0 bridgehead atoms. The predicted molar refractivity (Wildman–Crippen MR) is 165 cm³/mol. The third kappa shape index (κ3) is 5.99. The van der Waals surface area contributed by atoms with Crippen molar-refractivity contribution in [3.8, 4) is 11.5 Å². The summed E-state index contributed by atoms with van der Waals surface area (Å²) in [6.45, 7) is 3.18. The first kappa shape index (κ1) is 28.9. The molecule has 0 unspecified atom stereocenters. The van der Waals surface area contributed by atoms with Crippen molar-refractivity contribution in [1.82, 2.24) is 34.8 Å². The Balaban J connectivity index is 1.20. The maximum absolute atomic E-state index is 12.6. The molecule has 1 aliphatic rings. The minimum atomic E-state index is -0.682. The Bertz CT molecular complexity index is 1840. The van der Waals surface area contributed by atoms with Crippen LogP contribution in [0.1, 0.15) is 5.56 Å². The Morgan fingerprint density at radius 3 is 2.82 bits per heavy atom. The molecule has 0 aliphatic carbocycles. The molecule has 1 fully saturated rings. The summed E-state index contributed by atoms with van der Waals surface area (Å²) < 4.78 is 25.8. The predicted octanol–water partition coefficient (Wildman–Crippen LogP) is 4.34. The molecule has 44 heavy (non-hydrogen) atoms. The number of nitrogens with zero attached hydrogens (tertiary/aromatic N) is 8. The minimum Gasteiger partial charge on any atom is -0.457 e. The molecule has 3 aromatic heterocycles. The first-order valence-electron chi connectivity index (χ1n) is 14.2. The standard InChI is InChI=1S/C31H32FN9O3/c1-20-15-21(6-10-27(20)44-23-7-9-26-25(16-23)37-38-39(26)2)35-31-30-24(33-19-34-31)8-11-28(36-30)40-13-14-41(22(17-40)18-43-3)29(42)5-4-12-32/h4-11,15-16,19,22H,12-14,17-18H2,1-3H3,(H,33,34,35)/b5-4+/t22-/m0/s1. The zero-order valence-electron chi connectivity index (χ0n) is 24.6. The number of anilines is 3. The molecule has 6 rings (SSSR count). The third-order valence-electron chi connectivity index (χ3n) is 7.51. The molecule has 0 spiro atoms. The van der Waals surface area contributed by atoms with Crippen molar-refractivity contribution in [2.24, 2.45) is 7.05 Å². The number of amides is 1. The van der Waals surface area contributed by atoms with Crippen LogP contribution in [0, 0.1) is 6.92 Å². The molecule has 2 aromatic carbocycles. The van der Waals surface area contributed by atoms with Crippen LogP contribution in [0.5, 0.6) is 11.5 Å². The molecule has 13 heteroatoms. The van der Waals surface area contributed by atoms with E-state index in [1.807, 2.05) is 62.5 Å². The van der Waals surface area contributed by atoms with Crippen molar-refractivity contribution < 1.29 is 18.7 Å². The lowest BCUT2D eigenvalue weighted by Crippen LogP contribution is -2.56. The van der Waals surface area contributed by atoms with Gasteiger partial charge in [0.2, 0.25) is 5.91 Å². The Labute approximate surface area is 253 Å². The highest BCUT2D eigenvalue weighted by Crippen LogP contribution is 2.31. The van der Waals surface area contributed by atoms with Crippen LogP contribution in [0.2, 0.25) is 0 Å². The fourth-order valence-corrected chi connectivity index (χ4v) is 5.32. The first-order chi connectivity index (χ1) is 21.4. The van der Waals surface area contributed by atoms with Gasteiger partial charge in [0.25, 0.3) is 0 Å². The van der Waals surface area contributed by atoms with E-state index in [1.165, 1.54) is 18.5 Å². The number of hydrogen-bond acceptors (Lipinski definition) is 10. The van der Waals surface area contributed by atoms with Crippen LogP contribution in [0.4, 0.5) is 21.7 Å². The summed E-state index contributed by atoms with van der Waals surface area (Å²) >= 11 is 0. The average Bonchev–Trinajstić information content (AvgIpc) is 3.41. The molecule has 1 saturated heterocycles. The van der Waals surface area contributed by atoms with Gasteiger partial charge in [-0.2, -0.15) is 0 Å². The molecule has 5 aromatic rings. The molecule has 0 radical (unpaired) electrons. The average molecular weight is 598 g/mol. The second-order valence-corrected chi connectivity index (χ2v) is 10.5. The number of carbonyl (C=O) groups is 1. The lowest BCUT2D eigenvalue weighted by molar-refractivity contribution is -0.129. The van der Waals surface area contributed by atoms with Gasteiger partial charge in [0.1, 0.15) is 41.4 Å². The van der Waals surface area contributed by atoms with Gasteiger partial charge in [-0.05, 0) is 61.0 Å². The van der Waals surface area contributed by atoms with Crippen molar-refractivity contribution in [3.63, 3.8) is 0 Å². The van der Waals surface area contributed by atoms with Gasteiger partial charge in [0.15, 0.2) is 5.82 Å². The van der Waals surface area contributed by atoms with Crippen LogP contribution in [0.25, 0.3) is 22.1 Å². The number of aryl methyl sites for hydroxylation is 2. The molecule has 1 aliphatic heterocycles. The van der Waals surface area contributed by atoms with Crippen molar-refractivity contribution in [2.45, 2.75) is 13.0 Å². The van der Waals surface area contributed by atoms with E-state index < -0.39 is 6.67 Å². The van der Waals surface area contributed by atoms with E-state index in [0.29, 0.717) is 48.8 Å². The highest BCUT2D eigenvalue weighted by Gasteiger charge is 2.30. The van der Waals surface area contributed by atoms with Crippen LogP contribution in [-0.2, 0) is 16.6 Å². The van der Waals surface area contributed by atoms with Gasteiger partial charge in [-0.3, -0.25) is 4.79 Å². The number of rotatable bonds is 9. The normalized spacial score (nSPS) is 15.4. The zero-order chi connectivity index (χ0) is 30.6. The summed E-state index contributed by atoms with van der Waals surface area (Å²) in [7, 11) is 3.45. The number of carbonyl (C=O) groups excluding carboxylic acids is 1. The monoisotopic (exact) mass is 597 g/mol. The number of pyridine rings is 1. The van der Waals surface area contributed by atoms with Gasteiger partial charge in [-0.1, -0.05) is 5.21 Å². The number of fused-ring (bicyclic) bond motifs is 2. The van der Waals surface area contributed by atoms with Crippen molar-refractivity contribution in [3.05, 3.63) is 72.6 Å². The van der Waals surface area contributed by atoms with Crippen LogP contribution in [0.15, 0.2) is 67.0 Å². The largest absolute Gasteiger partial charge is 0.457 e. The van der Waals surface area contributed by atoms with Crippen LogP contribution >= 0.6 is 0 Å². The smallest absolute Gasteiger partial charge is 0.246 e. The number of aromatic nitrogens is 6. The van der Waals surface area contributed by atoms with Crippen LogP contribution in [0.3, 0.4) is 0 Å². The Kier molecular flexibility index (Phi) is 8.28. The topological polar surface area (TPSA) is 123 Å². The summed E-state index contributed by atoms with van der Waals surface area (Å²) in [5.41, 5.74) is 4.75. The van der Waals surface area contributed by atoms with Crippen molar-refractivity contribution in [2.75, 3.05) is 50.2 Å². The van der Waals surface area contributed by atoms with E-state index in [0.717, 1.165) is 33.9 Å². The van der Waals surface area contributed by atoms with Crippen LogP contribution in [-0.4, -0.2) is 86.8 Å². The van der Waals surface area contributed by atoms with Crippen molar-refractivity contribution >= 4 is 45.3 Å². The highest BCUT2D eigenvalue weighted by molar-refractivity contribution is 5.89. The quantitative estimate of drug-likeness (QED) is 0.246. The molecule has 1 N–H and O–H groups in total. The second kappa shape index (κ2) is 12.6. The van der Waals surface area contributed by atoms with Gasteiger partial charge in [-0.15, -0.1) is 5.10 Å². The number of allylic oxidation sites excluding steroid dienone is 1. The number of halogens is 1. The first-order valence-corrected chi connectivity index (χ1v) is 14.2. The molecular formula is C31H32FN9O3. The molecule has 12 nitrogen and oxygen atoms in total. The fraction of sp³-hybridized carbons (Fsp3) is 0.290. The maximum atomic E-state index is 12.6. The molecule has 0 saturated carbocycles. The molecule has 1 amide bonds. The van der Waals surface area contributed by atoms with E-state index in [2.05, 4.69) is 30.5 Å². The Morgan fingerprint density at radius 2 is 2.00 bits per heavy atom. The number of nitrogens with one attached hydrogen (secondary N) is 1. The molecule has 226 valence electrons. The molecule has 4 heterocycles. The maximum Gasteiger partial charge on any atom is 0.246 e. The number of benzene rings is 2. The van der Waals surface area contributed by atoms with E-state index in [1.54, 1.807) is 16.7 Å². The summed E-state index contributed by atoms with van der Waals surface area (Å²) in [5, 5.41) is 11.6. The Hall–Kier alpha value is -5.17. The fourth-order valence-electron chi connectivity index (χ4n) is 5.32. The second-order valence-electron chi connectivity index (χ2n) is 10.5. The van der Waals surface area contributed by atoms with Gasteiger partial charge >= 0.3 is 0 Å². The number of piperazine rings is 1. The molecule has 1 atom stereocenters. The van der Waals surface area contributed by atoms with E-state index in [-0.39, 0.29) is 11.9 Å². The number of alkyl halides is 1. The van der Waals surface area contributed by atoms with E-state index in [4.69, 9.17) is 14.5 Å². The number of ether oxygens (including phenoxy) is 2. The van der Waals surface area contributed by atoms with Gasteiger partial charge in [0.05, 0.1) is 23.7 Å². The zero-order valence-corrected chi connectivity index (χ0v) is 24.6. The lowest BCUT2D eigenvalue weighted by Gasteiger charge is -2.41. The van der Waals surface area contributed by atoms with Crippen LogP contribution < -0.4 is 15.0 Å². The van der Waals surface area contributed by atoms with E-state index >= 15 is 0 Å². The summed E-state index contributed by atoms with van der Waals surface area (Å²) in [4.78, 5) is 30.2. The summed E-state index contributed by atoms with van der Waals surface area (Å²) in [6.07, 6.45) is 4.00. The number of methoxy groups -OCH3 is 1. The molecular weight excluding hydrogens is 565 g/mol. The van der Waals surface area contributed by atoms with Gasteiger partial charge in [-0.25, -0.2) is 24.0 Å².